The maximum atomic E-state index is 12.9. The van der Waals surface area contributed by atoms with Crippen molar-refractivity contribution in [3.05, 3.63) is 36.0 Å². The normalized spacial score (nSPS) is 13.9. The number of fused-ring (bicyclic) bond motifs is 1. The number of aliphatic carboxylic acids is 1. The number of carboxylic acids is 1. The van der Waals surface area contributed by atoms with E-state index in [-0.39, 0.29) is 24.6 Å². The van der Waals surface area contributed by atoms with E-state index < -0.39 is 41.8 Å². The molecule has 32 heavy (non-hydrogen) atoms. The first-order chi connectivity index (χ1) is 15.2. The molecule has 3 atom stereocenters. The Balaban J connectivity index is 2.30. The van der Waals surface area contributed by atoms with Crippen molar-refractivity contribution in [3.8, 4) is 0 Å². The van der Waals surface area contributed by atoms with E-state index in [1.54, 1.807) is 20.0 Å². The summed E-state index contributed by atoms with van der Waals surface area (Å²) in [7, 11) is 0. The number of rotatable bonds is 11. The number of hydrogen-bond donors (Lipinski definition) is 7. The number of carbonyl (C=O) groups excluding carboxylic acids is 3. The molecule has 0 saturated carbocycles. The molecule has 0 fully saturated rings. The second-order valence-corrected chi connectivity index (χ2v) is 8.07. The number of thiol groups is 1. The van der Waals surface area contributed by atoms with Gasteiger partial charge in [0.2, 0.25) is 17.7 Å². The Bertz CT molecular complexity index is 976. The molecule has 0 aliphatic rings. The molecule has 0 aliphatic heterocycles. The summed E-state index contributed by atoms with van der Waals surface area (Å²) in [6, 6.07) is 4.27. The van der Waals surface area contributed by atoms with E-state index in [9.17, 15) is 24.3 Å². The first-order valence-corrected chi connectivity index (χ1v) is 10.8. The lowest BCUT2D eigenvalue weighted by Crippen LogP contribution is -2.58. The van der Waals surface area contributed by atoms with E-state index in [0.717, 1.165) is 16.5 Å². The highest BCUT2D eigenvalue weighted by molar-refractivity contribution is 7.80. The fourth-order valence-electron chi connectivity index (χ4n) is 3.22. The van der Waals surface area contributed by atoms with Crippen LogP contribution in [0.1, 0.15) is 19.4 Å². The zero-order valence-corrected chi connectivity index (χ0v) is 18.8. The number of benzene rings is 1. The van der Waals surface area contributed by atoms with E-state index in [4.69, 9.17) is 5.73 Å². The van der Waals surface area contributed by atoms with Gasteiger partial charge >= 0.3 is 5.97 Å². The van der Waals surface area contributed by atoms with Gasteiger partial charge in [-0.2, -0.15) is 12.6 Å². The Labute approximate surface area is 191 Å². The van der Waals surface area contributed by atoms with Crippen molar-refractivity contribution in [2.75, 3.05) is 12.3 Å². The van der Waals surface area contributed by atoms with Crippen LogP contribution in [-0.4, -0.2) is 64.2 Å². The van der Waals surface area contributed by atoms with Crippen molar-refractivity contribution in [3.63, 3.8) is 0 Å². The lowest BCUT2D eigenvalue weighted by atomic mass is 10.0. The smallest absolute Gasteiger partial charge is 0.327 e. The van der Waals surface area contributed by atoms with Gasteiger partial charge in [0, 0.05) is 29.3 Å². The highest BCUT2D eigenvalue weighted by atomic mass is 32.1. The van der Waals surface area contributed by atoms with E-state index >= 15 is 0 Å². The molecular formula is C21H29N5O5S. The predicted octanol–water partition coefficient (Wildman–Crippen LogP) is -0.206. The number of para-hydroxylation sites is 1. The third-order valence-electron chi connectivity index (χ3n) is 4.98. The maximum absolute atomic E-state index is 12.9. The van der Waals surface area contributed by atoms with Gasteiger partial charge in [-0.3, -0.25) is 14.4 Å². The number of nitrogens with one attached hydrogen (secondary N) is 4. The van der Waals surface area contributed by atoms with Crippen molar-refractivity contribution in [1.82, 2.24) is 20.9 Å². The minimum atomic E-state index is -1.24. The molecule has 0 bridgehead atoms. The molecule has 7 N–H and O–H groups in total. The van der Waals surface area contributed by atoms with Gasteiger partial charge in [-0.15, -0.1) is 0 Å². The van der Waals surface area contributed by atoms with Crippen molar-refractivity contribution < 1.29 is 24.3 Å². The number of amides is 3. The Kier molecular flexibility index (Phi) is 9.09. The first kappa shape index (κ1) is 25.2. The number of aromatic nitrogens is 1. The Morgan fingerprint density at radius 3 is 2.31 bits per heavy atom. The van der Waals surface area contributed by atoms with Crippen LogP contribution in [0.15, 0.2) is 30.5 Å². The molecule has 3 amide bonds. The van der Waals surface area contributed by atoms with Gasteiger partial charge in [-0.05, 0) is 17.5 Å². The summed E-state index contributed by atoms with van der Waals surface area (Å²) >= 11 is 3.97. The second-order valence-electron chi connectivity index (χ2n) is 7.70. The molecule has 0 aliphatic carbocycles. The summed E-state index contributed by atoms with van der Waals surface area (Å²) in [5.41, 5.74) is 6.97. The zero-order valence-electron chi connectivity index (χ0n) is 17.9. The molecule has 2 rings (SSSR count). The third-order valence-corrected chi connectivity index (χ3v) is 5.35. The van der Waals surface area contributed by atoms with Crippen molar-refractivity contribution in [2.24, 2.45) is 11.7 Å². The molecule has 0 saturated heterocycles. The highest BCUT2D eigenvalue weighted by Gasteiger charge is 2.31. The fraction of sp³-hybridized carbons (Fsp3) is 0.429. The molecule has 1 aromatic carbocycles. The molecule has 0 spiro atoms. The quantitative estimate of drug-likeness (QED) is 0.228. The minimum absolute atomic E-state index is 0.107. The van der Waals surface area contributed by atoms with Crippen LogP contribution in [0.25, 0.3) is 10.9 Å². The van der Waals surface area contributed by atoms with Gasteiger partial charge in [-0.1, -0.05) is 32.0 Å². The number of carbonyl (C=O) groups is 4. The molecular weight excluding hydrogens is 434 g/mol. The summed E-state index contributed by atoms with van der Waals surface area (Å²) in [5, 5.41) is 17.7. The van der Waals surface area contributed by atoms with Crippen LogP contribution in [0.5, 0.6) is 0 Å². The molecule has 11 heteroatoms. The molecule has 1 aromatic heterocycles. The van der Waals surface area contributed by atoms with Gasteiger partial charge < -0.3 is 31.8 Å². The number of carboxylic acid groups (broad SMARTS) is 1. The number of nitrogens with two attached hydrogens (primary N) is 1. The molecule has 2 aromatic rings. The predicted molar refractivity (Wildman–Crippen MR) is 123 cm³/mol. The van der Waals surface area contributed by atoms with Crippen LogP contribution in [-0.2, 0) is 25.6 Å². The number of hydrogen-bond acceptors (Lipinski definition) is 6. The van der Waals surface area contributed by atoms with Crippen LogP contribution < -0.4 is 21.7 Å². The molecule has 3 unspecified atom stereocenters. The Morgan fingerprint density at radius 1 is 1.06 bits per heavy atom. The molecule has 174 valence electrons. The summed E-state index contributed by atoms with van der Waals surface area (Å²) in [4.78, 5) is 52.1. The summed E-state index contributed by atoms with van der Waals surface area (Å²) < 4.78 is 0. The summed E-state index contributed by atoms with van der Waals surface area (Å²) in [6.07, 6.45) is 1.84. The van der Waals surface area contributed by atoms with Crippen LogP contribution in [0.4, 0.5) is 0 Å². The zero-order chi connectivity index (χ0) is 23.8. The first-order valence-electron chi connectivity index (χ1n) is 10.2. The third kappa shape index (κ3) is 6.47. The summed E-state index contributed by atoms with van der Waals surface area (Å²) in [5.74, 6) is -3.36. The average molecular weight is 464 g/mol. The lowest BCUT2D eigenvalue weighted by Gasteiger charge is -2.26. The number of aromatic amines is 1. The highest BCUT2D eigenvalue weighted by Crippen LogP contribution is 2.19. The van der Waals surface area contributed by atoms with Crippen molar-refractivity contribution in [1.29, 1.82) is 0 Å². The van der Waals surface area contributed by atoms with Crippen LogP contribution in [0.3, 0.4) is 0 Å². The largest absolute Gasteiger partial charge is 0.480 e. The SMILES string of the molecule is CC(C)C(NC(=O)CN)C(=O)NC(Cc1c[nH]c2ccccc12)C(=O)NC(CS)C(=O)O. The standard InChI is InChI=1S/C21H29N5O5S/c1-11(2)18(26-17(27)8-22)20(29)24-15(19(28)25-16(10-32)21(30)31)7-12-9-23-14-6-4-3-5-13(12)14/h3-6,9,11,15-16,18,23,32H,7-8,10,22H2,1-2H3,(H,24,29)(H,25,28)(H,26,27)(H,30,31). The van der Waals surface area contributed by atoms with Crippen LogP contribution in [0, 0.1) is 5.92 Å². The van der Waals surface area contributed by atoms with Crippen molar-refractivity contribution >= 4 is 47.2 Å². The van der Waals surface area contributed by atoms with Gasteiger partial charge in [0.05, 0.1) is 6.54 Å². The van der Waals surface area contributed by atoms with Gasteiger partial charge in [0.15, 0.2) is 0 Å². The van der Waals surface area contributed by atoms with E-state index in [0.29, 0.717) is 0 Å². The van der Waals surface area contributed by atoms with E-state index in [2.05, 4.69) is 33.6 Å². The number of H-pyrrole nitrogens is 1. The lowest BCUT2D eigenvalue weighted by molar-refractivity contribution is -0.141. The van der Waals surface area contributed by atoms with Crippen LogP contribution in [0.2, 0.25) is 0 Å². The molecule has 10 nitrogen and oxygen atoms in total. The fourth-order valence-corrected chi connectivity index (χ4v) is 3.46. The van der Waals surface area contributed by atoms with Crippen LogP contribution >= 0.6 is 12.6 Å². The van der Waals surface area contributed by atoms with Gasteiger partial charge in [0.1, 0.15) is 18.1 Å². The Morgan fingerprint density at radius 2 is 1.72 bits per heavy atom. The van der Waals surface area contributed by atoms with Gasteiger partial charge in [0.25, 0.3) is 0 Å². The Hall–Kier alpha value is -3.05. The van der Waals surface area contributed by atoms with Crippen molar-refractivity contribution in [2.45, 2.75) is 38.4 Å². The maximum Gasteiger partial charge on any atom is 0.327 e. The second kappa shape index (κ2) is 11.5. The molecule has 1 heterocycles. The van der Waals surface area contributed by atoms with Gasteiger partial charge in [-0.25, -0.2) is 4.79 Å². The summed E-state index contributed by atoms with van der Waals surface area (Å²) in [6.45, 7) is 3.21. The topological polar surface area (TPSA) is 166 Å². The monoisotopic (exact) mass is 463 g/mol. The molecule has 0 radical (unpaired) electrons. The van der Waals surface area contributed by atoms with E-state index in [1.165, 1.54) is 0 Å². The average Bonchev–Trinajstić information content (AvgIpc) is 3.17. The van der Waals surface area contributed by atoms with E-state index in [1.807, 2.05) is 24.3 Å². The minimum Gasteiger partial charge on any atom is -0.480 e.